The van der Waals surface area contributed by atoms with Gasteiger partial charge in [-0.05, 0) is 59.2 Å². The standard InChI is InChI=1S/C20H23N5O2S/c1-4-15-5-9-17(10-6-15)21-19(26)14(2)28-20-22-23-24-25(20)13-16-7-11-18(27-3)12-8-16/h5-12,14H,4,13H2,1-3H3,(H,21,26). The van der Waals surface area contributed by atoms with Crippen molar-refractivity contribution < 1.29 is 9.53 Å². The fraction of sp³-hybridized carbons (Fsp3) is 0.300. The Bertz CT molecular complexity index is 909. The Labute approximate surface area is 168 Å². The Morgan fingerprint density at radius 1 is 1.14 bits per heavy atom. The lowest BCUT2D eigenvalue weighted by Crippen LogP contribution is -2.23. The van der Waals surface area contributed by atoms with Gasteiger partial charge in [0, 0.05) is 5.69 Å². The number of nitrogens with one attached hydrogen (secondary N) is 1. The molecule has 3 rings (SSSR count). The SMILES string of the molecule is CCc1ccc(NC(=O)C(C)Sc2nnnn2Cc2ccc(OC)cc2)cc1. The fourth-order valence-electron chi connectivity index (χ4n) is 2.56. The third-order valence-corrected chi connectivity index (χ3v) is 5.34. The fourth-order valence-corrected chi connectivity index (χ4v) is 3.35. The van der Waals surface area contributed by atoms with Crippen molar-refractivity contribution in [1.29, 1.82) is 0 Å². The minimum atomic E-state index is -0.341. The van der Waals surface area contributed by atoms with Crippen LogP contribution in [0.4, 0.5) is 5.69 Å². The molecule has 8 heteroatoms. The molecule has 3 aromatic rings. The van der Waals surface area contributed by atoms with E-state index in [9.17, 15) is 4.79 Å². The summed E-state index contributed by atoms with van der Waals surface area (Å²) in [5.74, 6) is 0.709. The first-order chi connectivity index (χ1) is 13.6. The van der Waals surface area contributed by atoms with E-state index in [4.69, 9.17) is 4.74 Å². The number of aryl methyl sites for hydroxylation is 1. The lowest BCUT2D eigenvalue weighted by Gasteiger charge is -2.12. The van der Waals surface area contributed by atoms with Crippen LogP contribution in [0, 0.1) is 0 Å². The van der Waals surface area contributed by atoms with E-state index in [2.05, 4.69) is 27.8 Å². The van der Waals surface area contributed by atoms with Crippen LogP contribution in [0.1, 0.15) is 25.0 Å². The summed E-state index contributed by atoms with van der Waals surface area (Å²) in [7, 11) is 1.63. The zero-order chi connectivity index (χ0) is 19.9. The van der Waals surface area contributed by atoms with Gasteiger partial charge in [0.2, 0.25) is 11.1 Å². The van der Waals surface area contributed by atoms with Gasteiger partial charge >= 0.3 is 0 Å². The van der Waals surface area contributed by atoms with Gasteiger partial charge in [0.25, 0.3) is 0 Å². The molecule has 146 valence electrons. The van der Waals surface area contributed by atoms with E-state index < -0.39 is 0 Å². The van der Waals surface area contributed by atoms with Gasteiger partial charge in [0.1, 0.15) is 5.75 Å². The predicted octanol–water partition coefficient (Wildman–Crippen LogP) is 3.41. The third-order valence-electron chi connectivity index (χ3n) is 4.27. The predicted molar refractivity (Wildman–Crippen MR) is 110 cm³/mol. The molecule has 1 aromatic heterocycles. The van der Waals surface area contributed by atoms with E-state index >= 15 is 0 Å². The Balaban J connectivity index is 1.61. The van der Waals surface area contributed by atoms with Crippen molar-refractivity contribution in [1.82, 2.24) is 20.2 Å². The maximum absolute atomic E-state index is 12.5. The number of hydrogen-bond acceptors (Lipinski definition) is 6. The lowest BCUT2D eigenvalue weighted by molar-refractivity contribution is -0.115. The van der Waals surface area contributed by atoms with Gasteiger partial charge < -0.3 is 10.1 Å². The van der Waals surface area contributed by atoms with Crippen LogP contribution >= 0.6 is 11.8 Å². The van der Waals surface area contributed by atoms with Gasteiger partial charge in [0.15, 0.2) is 0 Å². The zero-order valence-corrected chi connectivity index (χ0v) is 16.9. The molecule has 0 saturated carbocycles. The van der Waals surface area contributed by atoms with E-state index in [-0.39, 0.29) is 11.2 Å². The van der Waals surface area contributed by atoms with Gasteiger partial charge in [-0.25, -0.2) is 4.68 Å². The van der Waals surface area contributed by atoms with Crippen LogP contribution in [-0.4, -0.2) is 38.5 Å². The average Bonchev–Trinajstić information content (AvgIpc) is 3.15. The summed E-state index contributed by atoms with van der Waals surface area (Å²) < 4.78 is 6.86. The molecule has 0 radical (unpaired) electrons. The molecular formula is C20H23N5O2S. The van der Waals surface area contributed by atoms with E-state index in [0.717, 1.165) is 23.4 Å². The smallest absolute Gasteiger partial charge is 0.237 e. The normalized spacial score (nSPS) is 11.8. The molecule has 0 spiro atoms. The Morgan fingerprint density at radius 2 is 1.82 bits per heavy atom. The number of carbonyl (C=O) groups excluding carboxylic acids is 1. The number of thioether (sulfide) groups is 1. The van der Waals surface area contributed by atoms with Gasteiger partial charge in [-0.2, -0.15) is 0 Å². The van der Waals surface area contributed by atoms with Crippen LogP contribution in [0.5, 0.6) is 5.75 Å². The molecule has 1 amide bonds. The molecule has 1 unspecified atom stereocenters. The van der Waals surface area contributed by atoms with E-state index in [0.29, 0.717) is 11.7 Å². The van der Waals surface area contributed by atoms with Gasteiger partial charge in [-0.1, -0.05) is 43.0 Å². The second-order valence-electron chi connectivity index (χ2n) is 6.27. The van der Waals surface area contributed by atoms with Crippen LogP contribution in [0.2, 0.25) is 0 Å². The topological polar surface area (TPSA) is 81.9 Å². The summed E-state index contributed by atoms with van der Waals surface area (Å²) in [6.45, 7) is 4.46. The maximum atomic E-state index is 12.5. The van der Waals surface area contributed by atoms with E-state index in [1.807, 2.05) is 55.5 Å². The maximum Gasteiger partial charge on any atom is 0.237 e. The molecule has 28 heavy (non-hydrogen) atoms. The third kappa shape index (κ3) is 5.10. The highest BCUT2D eigenvalue weighted by molar-refractivity contribution is 8.00. The van der Waals surface area contributed by atoms with Crippen molar-refractivity contribution in [3.05, 3.63) is 59.7 Å². The highest BCUT2D eigenvalue weighted by atomic mass is 32.2. The number of rotatable bonds is 8. The number of anilines is 1. The Morgan fingerprint density at radius 3 is 2.46 bits per heavy atom. The first kappa shape index (κ1) is 19.9. The second kappa shape index (κ2) is 9.36. The first-order valence-electron chi connectivity index (χ1n) is 9.04. The number of methoxy groups -OCH3 is 1. The number of amides is 1. The number of tetrazole rings is 1. The molecule has 2 aromatic carbocycles. The van der Waals surface area contributed by atoms with Crippen molar-refractivity contribution in [3.63, 3.8) is 0 Å². The lowest BCUT2D eigenvalue weighted by atomic mass is 10.1. The first-order valence-corrected chi connectivity index (χ1v) is 9.92. The monoisotopic (exact) mass is 397 g/mol. The quantitative estimate of drug-likeness (QED) is 0.587. The van der Waals surface area contributed by atoms with Crippen molar-refractivity contribution in [2.75, 3.05) is 12.4 Å². The number of ether oxygens (including phenoxy) is 1. The molecule has 1 N–H and O–H groups in total. The summed E-state index contributed by atoms with van der Waals surface area (Å²) in [5.41, 5.74) is 3.06. The number of aromatic nitrogens is 4. The molecule has 0 aliphatic heterocycles. The Kier molecular flexibility index (Phi) is 6.65. The zero-order valence-electron chi connectivity index (χ0n) is 16.1. The number of benzene rings is 2. The minimum absolute atomic E-state index is 0.0896. The van der Waals surface area contributed by atoms with Crippen molar-refractivity contribution in [3.8, 4) is 5.75 Å². The number of hydrogen-bond donors (Lipinski definition) is 1. The number of nitrogens with zero attached hydrogens (tertiary/aromatic N) is 4. The summed E-state index contributed by atoms with van der Waals surface area (Å²) in [4.78, 5) is 12.5. The second-order valence-corrected chi connectivity index (χ2v) is 7.57. The Hall–Kier alpha value is -2.87. The van der Waals surface area contributed by atoms with Crippen molar-refractivity contribution in [2.24, 2.45) is 0 Å². The van der Waals surface area contributed by atoms with E-state index in [1.54, 1.807) is 11.8 Å². The van der Waals surface area contributed by atoms with Crippen molar-refractivity contribution in [2.45, 2.75) is 37.2 Å². The van der Waals surface area contributed by atoms with Crippen LogP contribution in [0.15, 0.2) is 53.7 Å². The van der Waals surface area contributed by atoms with E-state index in [1.165, 1.54) is 17.3 Å². The summed E-state index contributed by atoms with van der Waals surface area (Å²) in [6, 6.07) is 15.6. The summed E-state index contributed by atoms with van der Waals surface area (Å²) in [6.07, 6.45) is 0.970. The summed E-state index contributed by atoms with van der Waals surface area (Å²) >= 11 is 1.33. The molecule has 1 heterocycles. The molecular weight excluding hydrogens is 374 g/mol. The van der Waals surface area contributed by atoms with Crippen molar-refractivity contribution >= 4 is 23.4 Å². The minimum Gasteiger partial charge on any atom is -0.497 e. The highest BCUT2D eigenvalue weighted by Gasteiger charge is 2.19. The summed E-state index contributed by atoms with van der Waals surface area (Å²) in [5, 5.41) is 15.0. The van der Waals surface area contributed by atoms with Gasteiger partial charge in [-0.3, -0.25) is 4.79 Å². The highest BCUT2D eigenvalue weighted by Crippen LogP contribution is 2.23. The van der Waals surface area contributed by atoms with Gasteiger partial charge in [-0.15, -0.1) is 5.10 Å². The molecule has 0 bridgehead atoms. The van der Waals surface area contributed by atoms with Crippen LogP contribution in [0.25, 0.3) is 0 Å². The molecule has 7 nitrogen and oxygen atoms in total. The van der Waals surface area contributed by atoms with Crippen LogP contribution < -0.4 is 10.1 Å². The average molecular weight is 398 g/mol. The molecule has 0 saturated heterocycles. The largest absolute Gasteiger partial charge is 0.497 e. The molecule has 0 aliphatic carbocycles. The van der Waals surface area contributed by atoms with Crippen LogP contribution in [0.3, 0.4) is 0 Å². The molecule has 1 atom stereocenters. The molecule has 0 aliphatic rings. The van der Waals surface area contributed by atoms with Gasteiger partial charge in [0.05, 0.1) is 18.9 Å². The molecule has 0 fully saturated rings. The number of carbonyl (C=O) groups is 1. The van der Waals surface area contributed by atoms with Crippen LogP contribution in [-0.2, 0) is 17.8 Å².